The topological polar surface area (TPSA) is 108 Å². The summed E-state index contributed by atoms with van der Waals surface area (Å²) in [5.74, 6) is 2.10. The Balaban J connectivity index is 1.49. The van der Waals surface area contributed by atoms with E-state index in [4.69, 9.17) is 19.7 Å². The van der Waals surface area contributed by atoms with Crippen molar-refractivity contribution >= 4 is 23.4 Å². The quantitative estimate of drug-likeness (QED) is 0.526. The SMILES string of the molecule is CN(C)CCCc1nc(-c2ccc(NC(=O)Nc3ccncc3)cc2)nc(N2CCOCC2)n1. The molecule has 178 valence electrons. The van der Waals surface area contributed by atoms with Crippen LogP contribution in [-0.4, -0.2) is 77.8 Å². The minimum atomic E-state index is -0.322. The molecule has 0 aliphatic carbocycles. The van der Waals surface area contributed by atoms with Crippen molar-refractivity contribution in [3.8, 4) is 11.4 Å². The summed E-state index contributed by atoms with van der Waals surface area (Å²) in [6, 6.07) is 10.6. The van der Waals surface area contributed by atoms with Crippen molar-refractivity contribution in [1.82, 2.24) is 24.8 Å². The molecule has 0 radical (unpaired) electrons. The zero-order valence-corrected chi connectivity index (χ0v) is 19.6. The first-order chi connectivity index (χ1) is 16.6. The predicted molar refractivity (Wildman–Crippen MR) is 132 cm³/mol. The van der Waals surface area contributed by atoms with E-state index in [9.17, 15) is 4.79 Å². The van der Waals surface area contributed by atoms with E-state index in [2.05, 4.69) is 39.5 Å². The van der Waals surface area contributed by atoms with Gasteiger partial charge in [-0.05, 0) is 63.5 Å². The summed E-state index contributed by atoms with van der Waals surface area (Å²) in [4.78, 5) is 34.7. The minimum absolute atomic E-state index is 0.322. The number of rotatable bonds is 8. The Kier molecular flexibility index (Phi) is 7.95. The van der Waals surface area contributed by atoms with Crippen LogP contribution in [0, 0.1) is 0 Å². The maximum absolute atomic E-state index is 12.3. The van der Waals surface area contributed by atoms with Crippen molar-refractivity contribution < 1.29 is 9.53 Å². The molecule has 2 N–H and O–H groups in total. The number of amides is 2. The van der Waals surface area contributed by atoms with Crippen LogP contribution >= 0.6 is 0 Å². The Hall–Kier alpha value is -3.63. The highest BCUT2D eigenvalue weighted by molar-refractivity contribution is 5.99. The lowest BCUT2D eigenvalue weighted by atomic mass is 10.2. The van der Waals surface area contributed by atoms with Gasteiger partial charge in [-0.15, -0.1) is 0 Å². The number of anilines is 3. The largest absolute Gasteiger partial charge is 0.378 e. The molecular weight excluding hydrogens is 432 g/mol. The highest BCUT2D eigenvalue weighted by Gasteiger charge is 2.17. The first-order valence-corrected chi connectivity index (χ1v) is 11.4. The molecule has 2 aromatic heterocycles. The molecule has 3 heterocycles. The molecule has 0 bridgehead atoms. The highest BCUT2D eigenvalue weighted by Crippen LogP contribution is 2.21. The molecule has 1 aromatic carbocycles. The van der Waals surface area contributed by atoms with Gasteiger partial charge in [0.25, 0.3) is 0 Å². The Morgan fingerprint density at radius 2 is 1.65 bits per heavy atom. The molecule has 0 unspecified atom stereocenters. The summed E-state index contributed by atoms with van der Waals surface area (Å²) in [6.07, 6.45) is 4.99. The molecule has 1 aliphatic rings. The van der Waals surface area contributed by atoms with Crippen LogP contribution in [-0.2, 0) is 11.2 Å². The number of hydrogen-bond donors (Lipinski definition) is 2. The average Bonchev–Trinajstić information content (AvgIpc) is 2.85. The number of pyridine rings is 1. The molecule has 2 amide bonds. The van der Waals surface area contributed by atoms with E-state index >= 15 is 0 Å². The summed E-state index contributed by atoms with van der Waals surface area (Å²) in [7, 11) is 4.12. The van der Waals surface area contributed by atoms with Gasteiger partial charge in [-0.3, -0.25) is 4.98 Å². The van der Waals surface area contributed by atoms with E-state index in [1.165, 1.54) is 0 Å². The molecule has 1 saturated heterocycles. The first kappa shape index (κ1) is 23.5. The van der Waals surface area contributed by atoms with Gasteiger partial charge < -0.3 is 25.2 Å². The Morgan fingerprint density at radius 1 is 0.971 bits per heavy atom. The molecule has 34 heavy (non-hydrogen) atoms. The fourth-order valence-electron chi connectivity index (χ4n) is 3.54. The summed E-state index contributed by atoms with van der Waals surface area (Å²) < 4.78 is 5.48. The molecule has 3 aromatic rings. The number of hydrogen-bond acceptors (Lipinski definition) is 8. The molecule has 0 saturated carbocycles. The van der Waals surface area contributed by atoms with Crippen molar-refractivity contribution in [3.05, 3.63) is 54.6 Å². The zero-order valence-electron chi connectivity index (χ0n) is 19.6. The van der Waals surface area contributed by atoms with E-state index < -0.39 is 0 Å². The molecule has 10 heteroatoms. The third-order valence-electron chi connectivity index (χ3n) is 5.31. The summed E-state index contributed by atoms with van der Waals surface area (Å²) in [6.45, 7) is 3.82. The van der Waals surface area contributed by atoms with Crippen LogP contribution in [0.25, 0.3) is 11.4 Å². The second-order valence-corrected chi connectivity index (χ2v) is 8.27. The van der Waals surface area contributed by atoms with Crippen molar-refractivity contribution in [2.75, 3.05) is 62.5 Å². The van der Waals surface area contributed by atoms with Gasteiger partial charge in [0.05, 0.1) is 13.2 Å². The number of morpholine rings is 1. The second kappa shape index (κ2) is 11.5. The van der Waals surface area contributed by atoms with Crippen molar-refractivity contribution in [3.63, 3.8) is 0 Å². The van der Waals surface area contributed by atoms with Crippen molar-refractivity contribution in [2.24, 2.45) is 0 Å². The highest BCUT2D eigenvalue weighted by atomic mass is 16.5. The van der Waals surface area contributed by atoms with Gasteiger partial charge in [0.1, 0.15) is 5.82 Å². The fraction of sp³-hybridized carbons (Fsp3) is 0.375. The van der Waals surface area contributed by atoms with Gasteiger partial charge in [-0.2, -0.15) is 9.97 Å². The number of carbonyl (C=O) groups is 1. The van der Waals surface area contributed by atoms with Crippen LogP contribution in [0.15, 0.2) is 48.8 Å². The zero-order chi connectivity index (χ0) is 23.8. The van der Waals surface area contributed by atoms with Crippen LogP contribution in [0.5, 0.6) is 0 Å². The van der Waals surface area contributed by atoms with Gasteiger partial charge in [-0.1, -0.05) is 0 Å². The molecule has 0 atom stereocenters. The Bertz CT molecular complexity index is 1070. The maximum atomic E-state index is 12.3. The summed E-state index contributed by atoms with van der Waals surface area (Å²) >= 11 is 0. The Labute approximate surface area is 199 Å². The summed E-state index contributed by atoms with van der Waals surface area (Å²) in [5.41, 5.74) is 2.21. The lowest BCUT2D eigenvalue weighted by molar-refractivity contribution is 0.122. The maximum Gasteiger partial charge on any atom is 0.323 e. The van der Waals surface area contributed by atoms with Gasteiger partial charge in [-0.25, -0.2) is 9.78 Å². The van der Waals surface area contributed by atoms with E-state index in [0.29, 0.717) is 36.4 Å². The van der Waals surface area contributed by atoms with Crippen LogP contribution in [0.4, 0.5) is 22.1 Å². The standard InChI is InChI=1S/C24H30N8O2/c1-31(2)13-3-4-21-28-22(30-23(29-21)32-14-16-34-17-15-32)18-5-7-19(8-6-18)26-24(33)27-20-9-11-25-12-10-20/h5-12H,3-4,13-17H2,1-2H3,(H2,25,26,27,33). The fourth-order valence-corrected chi connectivity index (χ4v) is 3.54. The molecule has 0 spiro atoms. The molecular formula is C24H30N8O2. The second-order valence-electron chi connectivity index (χ2n) is 8.27. The number of nitrogens with zero attached hydrogens (tertiary/aromatic N) is 6. The monoisotopic (exact) mass is 462 g/mol. The number of ether oxygens (including phenoxy) is 1. The smallest absolute Gasteiger partial charge is 0.323 e. The van der Waals surface area contributed by atoms with Crippen molar-refractivity contribution in [2.45, 2.75) is 12.8 Å². The van der Waals surface area contributed by atoms with Gasteiger partial charge in [0.15, 0.2) is 5.82 Å². The lowest BCUT2D eigenvalue weighted by Gasteiger charge is -2.27. The van der Waals surface area contributed by atoms with Crippen LogP contribution in [0.3, 0.4) is 0 Å². The Morgan fingerprint density at radius 3 is 2.32 bits per heavy atom. The van der Waals surface area contributed by atoms with Crippen LogP contribution in [0.1, 0.15) is 12.2 Å². The van der Waals surface area contributed by atoms with Crippen LogP contribution < -0.4 is 15.5 Å². The van der Waals surface area contributed by atoms with Crippen LogP contribution in [0.2, 0.25) is 0 Å². The molecule has 10 nitrogen and oxygen atoms in total. The third kappa shape index (κ3) is 6.69. The molecule has 4 rings (SSSR count). The number of aryl methyl sites for hydroxylation is 1. The number of carbonyl (C=O) groups excluding carboxylic acids is 1. The lowest BCUT2D eigenvalue weighted by Crippen LogP contribution is -2.37. The number of urea groups is 1. The number of aromatic nitrogens is 4. The number of benzene rings is 1. The predicted octanol–water partition coefficient (Wildman–Crippen LogP) is 2.91. The third-order valence-corrected chi connectivity index (χ3v) is 5.31. The van der Waals surface area contributed by atoms with E-state index in [-0.39, 0.29) is 6.03 Å². The van der Waals surface area contributed by atoms with E-state index in [0.717, 1.165) is 43.9 Å². The van der Waals surface area contributed by atoms with E-state index in [1.807, 2.05) is 24.3 Å². The van der Waals surface area contributed by atoms with Gasteiger partial charge in [0.2, 0.25) is 5.95 Å². The summed E-state index contributed by atoms with van der Waals surface area (Å²) in [5, 5.41) is 5.60. The van der Waals surface area contributed by atoms with Crippen molar-refractivity contribution in [1.29, 1.82) is 0 Å². The normalized spacial score (nSPS) is 13.7. The van der Waals surface area contributed by atoms with E-state index in [1.54, 1.807) is 24.5 Å². The molecule has 1 fully saturated rings. The first-order valence-electron chi connectivity index (χ1n) is 11.4. The average molecular weight is 463 g/mol. The number of nitrogens with one attached hydrogen (secondary N) is 2. The van der Waals surface area contributed by atoms with Gasteiger partial charge in [0, 0.05) is 48.8 Å². The minimum Gasteiger partial charge on any atom is -0.378 e. The van der Waals surface area contributed by atoms with Gasteiger partial charge >= 0.3 is 6.03 Å². The molecule has 1 aliphatic heterocycles.